The van der Waals surface area contributed by atoms with Crippen molar-refractivity contribution in [1.29, 1.82) is 0 Å². The molecular weight excluding hydrogens is 256 g/mol. The van der Waals surface area contributed by atoms with Gasteiger partial charge in [0, 0.05) is 13.1 Å². The third kappa shape index (κ3) is 6.78. The highest BCUT2D eigenvalue weighted by atomic mass is 16.5. The summed E-state index contributed by atoms with van der Waals surface area (Å²) < 4.78 is 5.50. The molecule has 0 spiro atoms. The van der Waals surface area contributed by atoms with Gasteiger partial charge in [0.15, 0.2) is 0 Å². The van der Waals surface area contributed by atoms with E-state index in [1.165, 1.54) is 5.56 Å². The summed E-state index contributed by atoms with van der Waals surface area (Å²) in [7, 11) is 0. The predicted octanol–water partition coefficient (Wildman–Crippen LogP) is 1.27. The number of aryl methyl sites for hydroxylation is 1. The highest BCUT2D eigenvalue weighted by Crippen LogP contribution is 2.12. The molecule has 20 heavy (non-hydrogen) atoms. The lowest BCUT2D eigenvalue weighted by molar-refractivity contribution is -0.121. The second kappa shape index (κ2) is 9.83. The monoisotopic (exact) mass is 278 g/mol. The van der Waals surface area contributed by atoms with E-state index in [0.717, 1.165) is 18.6 Å². The zero-order chi connectivity index (χ0) is 14.6. The smallest absolute Gasteiger partial charge is 0.223 e. The highest BCUT2D eigenvalue weighted by molar-refractivity contribution is 5.75. The molecular formula is C15H22N2O3. The van der Waals surface area contributed by atoms with Gasteiger partial charge < -0.3 is 15.4 Å². The summed E-state index contributed by atoms with van der Waals surface area (Å²) >= 11 is 0. The van der Waals surface area contributed by atoms with Crippen LogP contribution in [0.1, 0.15) is 25.3 Å². The van der Waals surface area contributed by atoms with Crippen molar-refractivity contribution in [3.63, 3.8) is 0 Å². The maximum atomic E-state index is 11.5. The Balaban J connectivity index is 2.10. The van der Waals surface area contributed by atoms with E-state index in [-0.39, 0.29) is 5.91 Å². The van der Waals surface area contributed by atoms with Gasteiger partial charge in [-0.05, 0) is 30.5 Å². The average molecular weight is 278 g/mol. The number of hydrogen-bond donors (Lipinski definition) is 2. The van der Waals surface area contributed by atoms with E-state index in [1.54, 1.807) is 0 Å². The van der Waals surface area contributed by atoms with Crippen molar-refractivity contribution in [2.24, 2.45) is 0 Å². The summed E-state index contributed by atoms with van der Waals surface area (Å²) in [6.45, 7) is 3.60. The first-order valence-electron chi connectivity index (χ1n) is 6.91. The second-order valence-corrected chi connectivity index (χ2v) is 4.37. The van der Waals surface area contributed by atoms with E-state index < -0.39 is 0 Å². The molecule has 5 heteroatoms. The SMILES string of the molecule is CCc1ccc(OCCC(=O)NCCCNC=O)cc1. The number of rotatable bonds is 10. The number of benzene rings is 1. The molecule has 2 N–H and O–H groups in total. The summed E-state index contributed by atoms with van der Waals surface area (Å²) in [5.74, 6) is 0.742. The molecule has 1 rings (SSSR count). The Morgan fingerprint density at radius 3 is 2.65 bits per heavy atom. The Hall–Kier alpha value is -2.04. The van der Waals surface area contributed by atoms with Gasteiger partial charge >= 0.3 is 0 Å². The second-order valence-electron chi connectivity index (χ2n) is 4.37. The minimum Gasteiger partial charge on any atom is -0.493 e. The van der Waals surface area contributed by atoms with Crippen LogP contribution in [0.25, 0.3) is 0 Å². The van der Waals surface area contributed by atoms with Gasteiger partial charge in [-0.3, -0.25) is 9.59 Å². The molecule has 0 radical (unpaired) electrons. The lowest BCUT2D eigenvalue weighted by Gasteiger charge is -2.07. The van der Waals surface area contributed by atoms with Crippen LogP contribution in [0.4, 0.5) is 0 Å². The van der Waals surface area contributed by atoms with E-state index in [4.69, 9.17) is 4.74 Å². The number of carbonyl (C=O) groups excluding carboxylic acids is 2. The fraction of sp³-hybridized carbons (Fsp3) is 0.467. The van der Waals surface area contributed by atoms with E-state index in [0.29, 0.717) is 32.5 Å². The van der Waals surface area contributed by atoms with Crippen LogP contribution < -0.4 is 15.4 Å². The van der Waals surface area contributed by atoms with Crippen LogP contribution in [0, 0.1) is 0 Å². The molecule has 2 amide bonds. The first-order valence-corrected chi connectivity index (χ1v) is 6.91. The fourth-order valence-electron chi connectivity index (χ4n) is 1.65. The number of nitrogens with one attached hydrogen (secondary N) is 2. The molecule has 0 aromatic heterocycles. The van der Waals surface area contributed by atoms with Gasteiger partial charge in [-0.2, -0.15) is 0 Å². The summed E-state index contributed by atoms with van der Waals surface area (Å²) in [4.78, 5) is 21.5. The molecule has 0 unspecified atom stereocenters. The van der Waals surface area contributed by atoms with Crippen molar-refractivity contribution < 1.29 is 14.3 Å². The van der Waals surface area contributed by atoms with Gasteiger partial charge in [0.05, 0.1) is 13.0 Å². The van der Waals surface area contributed by atoms with Crippen LogP contribution in [0.2, 0.25) is 0 Å². The molecule has 0 bridgehead atoms. The van der Waals surface area contributed by atoms with Crippen LogP contribution in [-0.4, -0.2) is 32.0 Å². The molecule has 0 atom stereocenters. The first kappa shape index (κ1) is 16.0. The van der Waals surface area contributed by atoms with Crippen molar-refractivity contribution in [1.82, 2.24) is 10.6 Å². The van der Waals surface area contributed by atoms with Gasteiger partial charge in [0.25, 0.3) is 0 Å². The van der Waals surface area contributed by atoms with Gasteiger partial charge in [-0.1, -0.05) is 19.1 Å². The minimum absolute atomic E-state index is 0.0405. The molecule has 0 fully saturated rings. The van der Waals surface area contributed by atoms with E-state index in [1.807, 2.05) is 24.3 Å². The number of amides is 2. The molecule has 0 aliphatic rings. The van der Waals surface area contributed by atoms with Crippen molar-refractivity contribution in [3.05, 3.63) is 29.8 Å². The fourth-order valence-corrected chi connectivity index (χ4v) is 1.65. The van der Waals surface area contributed by atoms with Gasteiger partial charge in [-0.25, -0.2) is 0 Å². The molecule has 0 aliphatic heterocycles. The van der Waals surface area contributed by atoms with Gasteiger partial charge in [0.2, 0.25) is 12.3 Å². The van der Waals surface area contributed by atoms with Crippen molar-refractivity contribution >= 4 is 12.3 Å². The zero-order valence-electron chi connectivity index (χ0n) is 11.9. The van der Waals surface area contributed by atoms with Crippen molar-refractivity contribution in [2.75, 3.05) is 19.7 Å². The summed E-state index contributed by atoms with van der Waals surface area (Å²) in [5, 5.41) is 5.31. The molecule has 0 aliphatic carbocycles. The minimum atomic E-state index is -0.0405. The lowest BCUT2D eigenvalue weighted by atomic mass is 10.2. The Morgan fingerprint density at radius 1 is 1.25 bits per heavy atom. The maximum Gasteiger partial charge on any atom is 0.223 e. The molecule has 5 nitrogen and oxygen atoms in total. The standard InChI is InChI=1S/C15H22N2O3/c1-2-13-4-6-14(7-5-13)20-11-8-15(19)17-10-3-9-16-12-18/h4-7,12H,2-3,8-11H2,1H3,(H,16,18)(H,17,19). The third-order valence-corrected chi connectivity index (χ3v) is 2.83. The predicted molar refractivity (Wildman–Crippen MR) is 77.6 cm³/mol. The quantitative estimate of drug-likeness (QED) is 0.500. The van der Waals surface area contributed by atoms with Crippen molar-refractivity contribution in [2.45, 2.75) is 26.2 Å². The zero-order valence-corrected chi connectivity index (χ0v) is 11.9. The summed E-state index contributed by atoms with van der Waals surface area (Å²) in [6, 6.07) is 7.88. The Kier molecular flexibility index (Phi) is 7.87. The molecule has 110 valence electrons. The number of hydrogen-bond acceptors (Lipinski definition) is 3. The summed E-state index contributed by atoms with van der Waals surface area (Å²) in [5.41, 5.74) is 1.26. The van der Waals surface area contributed by atoms with Crippen LogP contribution in [0.3, 0.4) is 0 Å². The van der Waals surface area contributed by atoms with Crippen LogP contribution in [0.5, 0.6) is 5.75 Å². The third-order valence-electron chi connectivity index (χ3n) is 2.83. The largest absolute Gasteiger partial charge is 0.493 e. The highest BCUT2D eigenvalue weighted by Gasteiger charge is 2.01. The molecule has 1 aromatic rings. The van der Waals surface area contributed by atoms with E-state index >= 15 is 0 Å². The van der Waals surface area contributed by atoms with Crippen molar-refractivity contribution in [3.8, 4) is 5.75 Å². The topological polar surface area (TPSA) is 67.4 Å². The molecule has 0 heterocycles. The van der Waals surface area contributed by atoms with E-state index in [2.05, 4.69) is 17.6 Å². The van der Waals surface area contributed by atoms with Gasteiger partial charge in [0.1, 0.15) is 5.75 Å². The molecule has 1 aromatic carbocycles. The molecule has 0 saturated carbocycles. The van der Waals surface area contributed by atoms with Gasteiger partial charge in [-0.15, -0.1) is 0 Å². The first-order chi connectivity index (χ1) is 9.76. The normalized spacial score (nSPS) is 9.85. The van der Waals surface area contributed by atoms with Crippen LogP contribution in [-0.2, 0) is 16.0 Å². The Morgan fingerprint density at radius 2 is 2.00 bits per heavy atom. The Labute approximate surface area is 119 Å². The molecule has 0 saturated heterocycles. The average Bonchev–Trinajstić information content (AvgIpc) is 2.48. The maximum absolute atomic E-state index is 11.5. The number of ether oxygens (including phenoxy) is 1. The number of carbonyl (C=O) groups is 2. The van der Waals surface area contributed by atoms with E-state index in [9.17, 15) is 9.59 Å². The summed E-state index contributed by atoms with van der Waals surface area (Å²) in [6.07, 6.45) is 2.71. The van der Waals surface area contributed by atoms with Crippen LogP contribution >= 0.6 is 0 Å². The van der Waals surface area contributed by atoms with Crippen LogP contribution in [0.15, 0.2) is 24.3 Å². The Bertz CT molecular complexity index is 404. The lowest BCUT2D eigenvalue weighted by Crippen LogP contribution is -2.28.